The molecule has 1 heterocycles. The lowest BCUT2D eigenvalue weighted by atomic mass is 10.1. The van der Waals surface area contributed by atoms with Gasteiger partial charge in [0.05, 0.1) is 5.69 Å². The van der Waals surface area contributed by atoms with Gasteiger partial charge >= 0.3 is 0 Å². The summed E-state index contributed by atoms with van der Waals surface area (Å²) < 4.78 is 0. The summed E-state index contributed by atoms with van der Waals surface area (Å²) in [4.78, 5) is 14.7. The highest BCUT2D eigenvalue weighted by Crippen LogP contribution is 2.15. The van der Waals surface area contributed by atoms with Gasteiger partial charge < -0.3 is 0 Å². The van der Waals surface area contributed by atoms with E-state index in [1.54, 1.807) is 18.3 Å². The second-order valence-electron chi connectivity index (χ2n) is 2.95. The minimum absolute atomic E-state index is 0. The average Bonchev–Trinajstić information content (AvgIpc) is 2.30. The normalized spacial score (nSPS) is 9.07. The number of hydrogen-bond acceptors (Lipinski definition) is 2. The quantitative estimate of drug-likeness (QED) is 0.630. The van der Waals surface area contributed by atoms with Crippen LogP contribution in [-0.4, -0.2) is 11.3 Å². The van der Waals surface area contributed by atoms with Crippen LogP contribution < -0.4 is 0 Å². The standard InChI is InChI=1S/C12H9NO.HI/c14-9-10-4-6-11(7-5-10)12-3-1-2-8-13-12;/h1-9H;1H. The Bertz CT molecular complexity index is 425. The zero-order valence-corrected chi connectivity index (χ0v) is 10.3. The van der Waals surface area contributed by atoms with Crippen molar-refractivity contribution in [1.29, 1.82) is 0 Å². The number of hydrogen-bond donors (Lipinski definition) is 0. The minimum Gasteiger partial charge on any atom is -0.298 e. The topological polar surface area (TPSA) is 30.0 Å². The Labute approximate surface area is 105 Å². The largest absolute Gasteiger partial charge is 0.298 e. The predicted octanol–water partition coefficient (Wildman–Crippen LogP) is 3.18. The second kappa shape index (κ2) is 5.60. The molecule has 0 unspecified atom stereocenters. The van der Waals surface area contributed by atoms with Gasteiger partial charge in [0.1, 0.15) is 6.29 Å². The Morgan fingerprint density at radius 2 is 1.73 bits per heavy atom. The molecule has 0 aliphatic rings. The van der Waals surface area contributed by atoms with Crippen molar-refractivity contribution in [3.63, 3.8) is 0 Å². The Hall–Kier alpha value is -1.23. The van der Waals surface area contributed by atoms with Gasteiger partial charge in [0.15, 0.2) is 0 Å². The average molecular weight is 311 g/mol. The molecule has 15 heavy (non-hydrogen) atoms. The fourth-order valence-electron chi connectivity index (χ4n) is 1.27. The zero-order valence-electron chi connectivity index (χ0n) is 7.96. The molecule has 0 bridgehead atoms. The molecule has 0 radical (unpaired) electrons. The van der Waals surface area contributed by atoms with E-state index in [9.17, 15) is 4.79 Å². The van der Waals surface area contributed by atoms with E-state index >= 15 is 0 Å². The van der Waals surface area contributed by atoms with Crippen molar-refractivity contribution in [2.45, 2.75) is 0 Å². The SMILES string of the molecule is I.O=Cc1ccc(-c2ccccn2)cc1. The van der Waals surface area contributed by atoms with Crippen LogP contribution in [0.4, 0.5) is 0 Å². The van der Waals surface area contributed by atoms with Crippen molar-refractivity contribution in [1.82, 2.24) is 4.98 Å². The number of benzene rings is 1. The van der Waals surface area contributed by atoms with Crippen LogP contribution in [0.2, 0.25) is 0 Å². The number of carbonyl (C=O) groups excluding carboxylic acids is 1. The van der Waals surface area contributed by atoms with Crippen LogP contribution >= 0.6 is 24.0 Å². The molecule has 2 nitrogen and oxygen atoms in total. The Morgan fingerprint density at radius 3 is 2.27 bits per heavy atom. The molecule has 0 amide bonds. The van der Waals surface area contributed by atoms with Crippen LogP contribution in [0, 0.1) is 0 Å². The van der Waals surface area contributed by atoms with Gasteiger partial charge in [0.2, 0.25) is 0 Å². The number of pyridine rings is 1. The van der Waals surface area contributed by atoms with Crippen LogP contribution in [-0.2, 0) is 0 Å². The zero-order chi connectivity index (χ0) is 9.80. The minimum atomic E-state index is 0. The molecule has 0 spiro atoms. The first-order valence-corrected chi connectivity index (χ1v) is 4.37. The summed E-state index contributed by atoms with van der Waals surface area (Å²) in [6.07, 6.45) is 2.59. The Kier molecular flexibility index (Phi) is 4.42. The molecule has 0 saturated heterocycles. The molecular weight excluding hydrogens is 301 g/mol. The number of aldehydes is 1. The molecule has 2 rings (SSSR count). The van der Waals surface area contributed by atoms with E-state index in [4.69, 9.17) is 0 Å². The number of rotatable bonds is 2. The molecule has 2 aromatic rings. The Balaban J connectivity index is 0.00000112. The summed E-state index contributed by atoms with van der Waals surface area (Å²) in [6, 6.07) is 13.1. The van der Waals surface area contributed by atoms with Crippen molar-refractivity contribution in [3.05, 3.63) is 54.2 Å². The van der Waals surface area contributed by atoms with Crippen molar-refractivity contribution in [3.8, 4) is 11.3 Å². The molecule has 0 aliphatic heterocycles. The third-order valence-corrected chi connectivity index (χ3v) is 2.01. The summed E-state index contributed by atoms with van der Waals surface area (Å²) >= 11 is 0. The first-order valence-electron chi connectivity index (χ1n) is 4.37. The fraction of sp³-hybridized carbons (Fsp3) is 0. The highest BCUT2D eigenvalue weighted by Gasteiger charge is 1.96. The van der Waals surface area contributed by atoms with Gasteiger partial charge in [-0.25, -0.2) is 0 Å². The van der Waals surface area contributed by atoms with Gasteiger partial charge in [-0.3, -0.25) is 9.78 Å². The van der Waals surface area contributed by atoms with Crippen molar-refractivity contribution in [2.75, 3.05) is 0 Å². The van der Waals surface area contributed by atoms with Crippen molar-refractivity contribution >= 4 is 30.3 Å². The summed E-state index contributed by atoms with van der Waals surface area (Å²) in [5.41, 5.74) is 2.63. The van der Waals surface area contributed by atoms with Gasteiger partial charge in [0, 0.05) is 17.3 Å². The molecule has 0 fully saturated rings. The lowest BCUT2D eigenvalue weighted by Crippen LogP contribution is -1.83. The maximum absolute atomic E-state index is 10.4. The predicted molar refractivity (Wildman–Crippen MR) is 70.5 cm³/mol. The Morgan fingerprint density at radius 1 is 1.00 bits per heavy atom. The maximum Gasteiger partial charge on any atom is 0.150 e. The van der Waals surface area contributed by atoms with Gasteiger partial charge in [0.25, 0.3) is 0 Å². The van der Waals surface area contributed by atoms with Crippen LogP contribution in [0.5, 0.6) is 0 Å². The van der Waals surface area contributed by atoms with Crippen LogP contribution in [0.25, 0.3) is 11.3 Å². The summed E-state index contributed by atoms with van der Waals surface area (Å²) in [6.45, 7) is 0. The molecule has 0 aliphatic carbocycles. The van der Waals surface area contributed by atoms with E-state index < -0.39 is 0 Å². The molecule has 1 aromatic carbocycles. The summed E-state index contributed by atoms with van der Waals surface area (Å²) in [5.74, 6) is 0. The number of aromatic nitrogens is 1. The fourth-order valence-corrected chi connectivity index (χ4v) is 1.27. The molecule has 0 N–H and O–H groups in total. The third kappa shape index (κ3) is 2.86. The highest BCUT2D eigenvalue weighted by atomic mass is 127. The lowest BCUT2D eigenvalue weighted by molar-refractivity contribution is 0.112. The monoisotopic (exact) mass is 311 g/mol. The van der Waals surface area contributed by atoms with E-state index in [0.29, 0.717) is 5.56 Å². The molecule has 3 heteroatoms. The molecule has 0 saturated carbocycles. The lowest BCUT2D eigenvalue weighted by Gasteiger charge is -1.99. The number of nitrogens with zero attached hydrogens (tertiary/aromatic N) is 1. The summed E-state index contributed by atoms with van der Waals surface area (Å²) in [5, 5.41) is 0. The van der Waals surface area contributed by atoms with Gasteiger partial charge in [-0.2, -0.15) is 0 Å². The van der Waals surface area contributed by atoms with Crippen molar-refractivity contribution < 1.29 is 4.79 Å². The molecular formula is C12H10INO. The van der Waals surface area contributed by atoms with Crippen LogP contribution in [0.3, 0.4) is 0 Å². The van der Waals surface area contributed by atoms with E-state index in [2.05, 4.69) is 4.98 Å². The maximum atomic E-state index is 10.4. The number of halogens is 1. The van der Waals surface area contributed by atoms with Gasteiger partial charge in [-0.15, -0.1) is 24.0 Å². The smallest absolute Gasteiger partial charge is 0.150 e. The molecule has 76 valence electrons. The van der Waals surface area contributed by atoms with Crippen LogP contribution in [0.1, 0.15) is 10.4 Å². The van der Waals surface area contributed by atoms with E-state index in [1.165, 1.54) is 0 Å². The van der Waals surface area contributed by atoms with E-state index in [1.807, 2.05) is 30.3 Å². The molecule has 0 atom stereocenters. The van der Waals surface area contributed by atoms with E-state index in [0.717, 1.165) is 17.5 Å². The third-order valence-electron chi connectivity index (χ3n) is 2.01. The van der Waals surface area contributed by atoms with E-state index in [-0.39, 0.29) is 24.0 Å². The second-order valence-corrected chi connectivity index (χ2v) is 2.95. The highest BCUT2D eigenvalue weighted by molar-refractivity contribution is 14.0. The van der Waals surface area contributed by atoms with Crippen molar-refractivity contribution in [2.24, 2.45) is 0 Å². The van der Waals surface area contributed by atoms with Gasteiger partial charge in [-0.05, 0) is 12.1 Å². The summed E-state index contributed by atoms with van der Waals surface area (Å²) in [7, 11) is 0. The first kappa shape index (κ1) is 11.8. The number of carbonyl (C=O) groups is 1. The van der Waals surface area contributed by atoms with Gasteiger partial charge in [-0.1, -0.05) is 30.3 Å². The van der Waals surface area contributed by atoms with Crippen LogP contribution in [0.15, 0.2) is 48.7 Å². The molecule has 1 aromatic heterocycles. The first-order chi connectivity index (χ1) is 6.90.